The number of aliphatic hydroxyl groups excluding tert-OH is 2. The molecule has 0 aromatic heterocycles. The number of rotatable bonds is 1. The summed E-state index contributed by atoms with van der Waals surface area (Å²) in [6.45, 7) is 20.1. The molecule has 0 saturated heterocycles. The van der Waals surface area contributed by atoms with E-state index in [0.717, 1.165) is 19.3 Å². The fraction of sp³-hybridized carbons (Fsp3) is 0.935. The molecule has 0 unspecified atom stereocenters. The average Bonchev–Trinajstić information content (AvgIpc) is 2.74. The van der Waals surface area contributed by atoms with Crippen molar-refractivity contribution in [1.82, 2.24) is 0 Å². The molecule has 0 heterocycles. The van der Waals surface area contributed by atoms with Gasteiger partial charge in [-0.05, 0) is 115 Å². The van der Waals surface area contributed by atoms with Crippen LogP contribution in [0.25, 0.3) is 0 Å². The van der Waals surface area contributed by atoms with E-state index in [0.29, 0.717) is 34.7 Å². The maximum atomic E-state index is 10.9. The van der Waals surface area contributed by atoms with Crippen molar-refractivity contribution in [2.45, 2.75) is 132 Å². The second kappa shape index (κ2) is 8.09. The predicted octanol–water partition coefficient (Wildman–Crippen LogP) is 7.92. The molecule has 2 heteroatoms. The van der Waals surface area contributed by atoms with Crippen molar-refractivity contribution >= 4 is 0 Å². The van der Waals surface area contributed by atoms with Crippen LogP contribution in [-0.2, 0) is 0 Å². The van der Waals surface area contributed by atoms with Crippen molar-refractivity contribution in [3.8, 4) is 0 Å². The van der Waals surface area contributed by atoms with Gasteiger partial charge in [0.2, 0.25) is 0 Å². The van der Waals surface area contributed by atoms with Gasteiger partial charge in [-0.2, -0.15) is 0 Å². The Balaban J connectivity index is 1.76. The number of fused-ring (bicyclic) bond motifs is 5. The minimum Gasteiger partial charge on any atom is -0.396 e. The summed E-state index contributed by atoms with van der Waals surface area (Å²) in [7, 11) is 0. The molecule has 33 heavy (non-hydrogen) atoms. The zero-order valence-corrected chi connectivity index (χ0v) is 23.2. The second-order valence-electron chi connectivity index (χ2n) is 15.4. The lowest BCUT2D eigenvalue weighted by Gasteiger charge is -2.69. The summed E-state index contributed by atoms with van der Waals surface area (Å²) in [4.78, 5) is 0. The first-order valence-electron chi connectivity index (χ1n) is 14.1. The molecule has 0 radical (unpaired) electrons. The lowest BCUT2D eigenvalue weighted by Crippen LogP contribution is -2.62. The molecule has 0 amide bonds. The Bertz CT molecular complexity index is 780. The number of hydrogen-bond acceptors (Lipinski definition) is 2. The molecule has 0 bridgehead atoms. The molecule has 4 aliphatic carbocycles. The van der Waals surface area contributed by atoms with Crippen molar-refractivity contribution in [1.29, 1.82) is 0 Å². The van der Waals surface area contributed by atoms with Gasteiger partial charge in [-0.15, -0.1) is 0 Å². The maximum absolute atomic E-state index is 10.9. The molecule has 0 spiro atoms. The Morgan fingerprint density at radius 2 is 1.45 bits per heavy atom. The standard InChI is InChI=1S/C31H54O2/c1-26(2)14-11-22-9-10-24-29(6)15-13-25(33)27(3,4)23(29)12-16-31(24,8)30(22,7)20-19-28(5,21-32)18-17-26/h9,23-25,32-33H,10-21H2,1-8H3/t23-,24+,25-,28-,29-,30+,31+/m0/s1. The van der Waals surface area contributed by atoms with Crippen LogP contribution >= 0.6 is 0 Å². The van der Waals surface area contributed by atoms with Gasteiger partial charge in [0, 0.05) is 6.61 Å². The lowest BCUT2D eigenvalue weighted by molar-refractivity contribution is -0.196. The largest absolute Gasteiger partial charge is 0.396 e. The summed E-state index contributed by atoms with van der Waals surface area (Å²) < 4.78 is 0. The highest BCUT2D eigenvalue weighted by Crippen LogP contribution is 2.72. The van der Waals surface area contributed by atoms with Crippen LogP contribution in [-0.4, -0.2) is 22.9 Å². The Kier molecular flexibility index (Phi) is 6.31. The summed E-state index contributed by atoms with van der Waals surface area (Å²) in [6.07, 6.45) is 15.6. The molecule has 190 valence electrons. The van der Waals surface area contributed by atoms with Gasteiger partial charge < -0.3 is 10.2 Å². The Morgan fingerprint density at radius 3 is 2.12 bits per heavy atom. The summed E-state index contributed by atoms with van der Waals surface area (Å²) in [5.41, 5.74) is 2.90. The smallest absolute Gasteiger partial charge is 0.0594 e. The van der Waals surface area contributed by atoms with E-state index < -0.39 is 0 Å². The first-order valence-corrected chi connectivity index (χ1v) is 14.1. The molecular weight excluding hydrogens is 404 g/mol. The summed E-state index contributed by atoms with van der Waals surface area (Å²) in [5.74, 6) is 1.28. The summed E-state index contributed by atoms with van der Waals surface area (Å²) in [5, 5.41) is 21.3. The number of allylic oxidation sites excluding steroid dienone is 2. The van der Waals surface area contributed by atoms with Crippen molar-refractivity contribution in [3.05, 3.63) is 11.6 Å². The second-order valence-corrected chi connectivity index (χ2v) is 15.4. The molecule has 7 atom stereocenters. The fourth-order valence-electron chi connectivity index (χ4n) is 9.48. The third-order valence-electron chi connectivity index (χ3n) is 12.7. The molecular formula is C31H54O2. The minimum atomic E-state index is -0.161. The normalized spacial score (nSPS) is 49.8. The van der Waals surface area contributed by atoms with E-state index in [9.17, 15) is 10.2 Å². The maximum Gasteiger partial charge on any atom is 0.0594 e. The summed E-state index contributed by atoms with van der Waals surface area (Å²) >= 11 is 0. The predicted molar refractivity (Wildman–Crippen MR) is 139 cm³/mol. The third kappa shape index (κ3) is 3.89. The molecule has 4 aliphatic rings. The van der Waals surface area contributed by atoms with E-state index in [4.69, 9.17) is 0 Å². The van der Waals surface area contributed by atoms with Gasteiger partial charge in [0.15, 0.2) is 0 Å². The van der Waals surface area contributed by atoms with E-state index in [1.807, 2.05) is 0 Å². The van der Waals surface area contributed by atoms with Crippen LogP contribution in [0.1, 0.15) is 126 Å². The minimum absolute atomic E-state index is 0.00897. The highest BCUT2D eigenvalue weighted by atomic mass is 16.3. The zero-order chi connectivity index (χ0) is 24.5. The number of hydrogen-bond donors (Lipinski definition) is 2. The van der Waals surface area contributed by atoms with Gasteiger partial charge in [0.25, 0.3) is 0 Å². The Morgan fingerprint density at radius 1 is 0.788 bits per heavy atom. The van der Waals surface area contributed by atoms with E-state index in [-0.39, 0.29) is 22.3 Å². The Labute approximate surface area is 205 Å². The van der Waals surface area contributed by atoms with Gasteiger partial charge in [0.1, 0.15) is 0 Å². The highest BCUT2D eigenvalue weighted by Gasteiger charge is 2.65. The van der Waals surface area contributed by atoms with Crippen LogP contribution in [0.5, 0.6) is 0 Å². The molecule has 0 aromatic carbocycles. The number of aliphatic hydroxyl groups is 2. The molecule has 2 nitrogen and oxygen atoms in total. The van der Waals surface area contributed by atoms with E-state index in [2.05, 4.69) is 61.5 Å². The van der Waals surface area contributed by atoms with E-state index in [1.165, 1.54) is 51.4 Å². The zero-order valence-electron chi connectivity index (χ0n) is 23.2. The molecule has 2 N–H and O–H groups in total. The van der Waals surface area contributed by atoms with Crippen LogP contribution in [0.15, 0.2) is 11.6 Å². The molecule has 0 aromatic rings. The van der Waals surface area contributed by atoms with E-state index in [1.54, 1.807) is 5.57 Å². The van der Waals surface area contributed by atoms with Crippen molar-refractivity contribution in [2.24, 2.45) is 44.3 Å². The van der Waals surface area contributed by atoms with Gasteiger partial charge in [0.05, 0.1) is 6.10 Å². The molecule has 3 fully saturated rings. The third-order valence-corrected chi connectivity index (χ3v) is 12.7. The SMILES string of the molecule is CC1(C)CCC2=CC[C@@H]3[C@@]4(C)CC[C@H](O)C(C)(C)[C@@H]4CC[C@@]3(C)[C@]2(C)CC[C@@](C)(CO)CC1. The quantitative estimate of drug-likeness (QED) is 0.392. The summed E-state index contributed by atoms with van der Waals surface area (Å²) in [6, 6.07) is 0. The van der Waals surface area contributed by atoms with Crippen LogP contribution in [0.3, 0.4) is 0 Å². The van der Waals surface area contributed by atoms with Gasteiger partial charge in [-0.3, -0.25) is 0 Å². The molecule has 4 rings (SSSR count). The molecule has 3 saturated carbocycles. The van der Waals surface area contributed by atoms with Crippen molar-refractivity contribution < 1.29 is 10.2 Å². The van der Waals surface area contributed by atoms with E-state index >= 15 is 0 Å². The first-order chi connectivity index (χ1) is 15.1. The lowest BCUT2D eigenvalue weighted by atomic mass is 9.36. The topological polar surface area (TPSA) is 40.5 Å². The van der Waals surface area contributed by atoms with Crippen LogP contribution in [0.4, 0.5) is 0 Å². The van der Waals surface area contributed by atoms with Crippen molar-refractivity contribution in [2.75, 3.05) is 6.61 Å². The monoisotopic (exact) mass is 458 g/mol. The Hall–Kier alpha value is -0.340. The van der Waals surface area contributed by atoms with Gasteiger partial charge >= 0.3 is 0 Å². The van der Waals surface area contributed by atoms with Gasteiger partial charge in [-0.1, -0.05) is 67.0 Å². The van der Waals surface area contributed by atoms with Crippen LogP contribution in [0.2, 0.25) is 0 Å². The van der Waals surface area contributed by atoms with Crippen LogP contribution < -0.4 is 0 Å². The van der Waals surface area contributed by atoms with Crippen LogP contribution in [0, 0.1) is 44.3 Å². The highest BCUT2D eigenvalue weighted by molar-refractivity contribution is 5.28. The molecule has 0 aliphatic heterocycles. The average molecular weight is 459 g/mol. The van der Waals surface area contributed by atoms with Crippen molar-refractivity contribution in [3.63, 3.8) is 0 Å². The fourth-order valence-corrected chi connectivity index (χ4v) is 9.48. The van der Waals surface area contributed by atoms with Gasteiger partial charge in [-0.25, -0.2) is 0 Å². The first kappa shape index (κ1) is 25.7.